The highest BCUT2D eigenvalue weighted by Crippen LogP contribution is 2.29. The Kier molecular flexibility index (Phi) is 5.63. The zero-order valence-corrected chi connectivity index (χ0v) is 11.8. The molecule has 106 valence electrons. The van der Waals surface area contributed by atoms with Crippen molar-refractivity contribution in [2.75, 3.05) is 13.7 Å². The Morgan fingerprint density at radius 1 is 1.37 bits per heavy atom. The number of hydrogen-bond donors (Lipinski definition) is 1. The standard InChI is InChI=1S/C14H21NO4/c1-5-18-14(16)10(3)19-13-8-11(17-4)6-7-12(13)9(2)15/h6-10H,5,15H2,1-4H3. The molecule has 5 heteroatoms. The number of carbonyl (C=O) groups is 1. The minimum Gasteiger partial charge on any atom is -0.497 e. The van der Waals surface area contributed by atoms with Crippen molar-refractivity contribution in [1.82, 2.24) is 0 Å². The lowest BCUT2D eigenvalue weighted by atomic mass is 10.1. The zero-order chi connectivity index (χ0) is 14.4. The van der Waals surface area contributed by atoms with Crippen LogP contribution in [0.3, 0.4) is 0 Å². The summed E-state index contributed by atoms with van der Waals surface area (Å²) < 4.78 is 15.7. The second kappa shape index (κ2) is 6.99. The van der Waals surface area contributed by atoms with Crippen molar-refractivity contribution in [2.45, 2.75) is 32.9 Å². The maximum Gasteiger partial charge on any atom is 0.347 e. The molecular weight excluding hydrogens is 246 g/mol. The molecule has 19 heavy (non-hydrogen) atoms. The van der Waals surface area contributed by atoms with Gasteiger partial charge < -0.3 is 19.9 Å². The Morgan fingerprint density at radius 3 is 2.58 bits per heavy atom. The first-order chi connectivity index (χ1) is 8.99. The molecule has 0 spiro atoms. The van der Waals surface area contributed by atoms with E-state index in [9.17, 15) is 4.79 Å². The number of nitrogens with two attached hydrogens (primary N) is 1. The van der Waals surface area contributed by atoms with Gasteiger partial charge in [0.05, 0.1) is 13.7 Å². The van der Waals surface area contributed by atoms with Gasteiger partial charge in [-0.3, -0.25) is 0 Å². The van der Waals surface area contributed by atoms with E-state index >= 15 is 0 Å². The van der Waals surface area contributed by atoms with Crippen molar-refractivity contribution >= 4 is 5.97 Å². The van der Waals surface area contributed by atoms with E-state index in [1.165, 1.54) is 0 Å². The normalized spacial score (nSPS) is 13.5. The molecule has 0 radical (unpaired) electrons. The van der Waals surface area contributed by atoms with Gasteiger partial charge in [-0.15, -0.1) is 0 Å². The number of benzene rings is 1. The van der Waals surface area contributed by atoms with Crippen molar-refractivity contribution in [1.29, 1.82) is 0 Å². The van der Waals surface area contributed by atoms with Gasteiger partial charge in [0.2, 0.25) is 0 Å². The summed E-state index contributed by atoms with van der Waals surface area (Å²) in [5, 5.41) is 0. The minimum absolute atomic E-state index is 0.199. The molecule has 1 rings (SSSR count). The first-order valence-corrected chi connectivity index (χ1v) is 6.26. The van der Waals surface area contributed by atoms with Crippen LogP contribution in [0.4, 0.5) is 0 Å². The molecule has 0 aliphatic heterocycles. The average Bonchev–Trinajstić information content (AvgIpc) is 2.38. The third-order valence-electron chi connectivity index (χ3n) is 2.63. The van der Waals surface area contributed by atoms with Crippen LogP contribution in [0.2, 0.25) is 0 Å². The van der Waals surface area contributed by atoms with Gasteiger partial charge in [-0.1, -0.05) is 6.07 Å². The lowest BCUT2D eigenvalue weighted by molar-refractivity contribution is -0.150. The molecule has 0 amide bonds. The Labute approximate surface area is 113 Å². The summed E-state index contributed by atoms with van der Waals surface area (Å²) >= 11 is 0. The number of esters is 1. The van der Waals surface area contributed by atoms with Gasteiger partial charge in [-0.05, 0) is 26.8 Å². The molecule has 1 aromatic rings. The van der Waals surface area contributed by atoms with Gasteiger partial charge in [0.1, 0.15) is 11.5 Å². The fraction of sp³-hybridized carbons (Fsp3) is 0.500. The Balaban J connectivity index is 2.94. The number of hydrogen-bond acceptors (Lipinski definition) is 5. The molecule has 0 saturated heterocycles. The molecule has 0 aliphatic rings. The highest BCUT2D eigenvalue weighted by atomic mass is 16.6. The molecule has 2 atom stereocenters. The van der Waals surface area contributed by atoms with Crippen LogP contribution in [-0.4, -0.2) is 25.8 Å². The fourth-order valence-electron chi connectivity index (χ4n) is 1.62. The van der Waals surface area contributed by atoms with E-state index in [1.54, 1.807) is 33.1 Å². The molecule has 0 fully saturated rings. The van der Waals surface area contributed by atoms with E-state index in [4.69, 9.17) is 19.9 Å². The lowest BCUT2D eigenvalue weighted by Gasteiger charge is -2.18. The summed E-state index contributed by atoms with van der Waals surface area (Å²) in [5.41, 5.74) is 6.70. The van der Waals surface area contributed by atoms with Crippen LogP contribution >= 0.6 is 0 Å². The Hall–Kier alpha value is -1.75. The zero-order valence-electron chi connectivity index (χ0n) is 11.8. The van der Waals surface area contributed by atoms with Crippen LogP contribution in [0.5, 0.6) is 11.5 Å². The molecule has 0 aromatic heterocycles. The molecule has 5 nitrogen and oxygen atoms in total. The molecule has 2 unspecified atom stereocenters. The highest BCUT2D eigenvalue weighted by Gasteiger charge is 2.19. The lowest BCUT2D eigenvalue weighted by Crippen LogP contribution is -2.26. The molecule has 0 aliphatic carbocycles. The quantitative estimate of drug-likeness (QED) is 0.799. The second-order valence-corrected chi connectivity index (χ2v) is 4.20. The Bertz CT molecular complexity index is 431. The van der Waals surface area contributed by atoms with Crippen LogP contribution in [-0.2, 0) is 9.53 Å². The van der Waals surface area contributed by atoms with Crippen molar-refractivity contribution in [2.24, 2.45) is 5.73 Å². The Morgan fingerprint density at radius 2 is 2.05 bits per heavy atom. The largest absolute Gasteiger partial charge is 0.497 e. The molecule has 2 N–H and O–H groups in total. The molecule has 0 saturated carbocycles. The predicted molar refractivity (Wildman–Crippen MR) is 72.3 cm³/mol. The van der Waals surface area contributed by atoms with E-state index in [0.29, 0.717) is 18.1 Å². The SMILES string of the molecule is CCOC(=O)C(C)Oc1cc(OC)ccc1C(C)N. The summed E-state index contributed by atoms with van der Waals surface area (Å²) in [6, 6.07) is 5.15. The van der Waals surface area contributed by atoms with Crippen molar-refractivity contribution in [3.8, 4) is 11.5 Å². The van der Waals surface area contributed by atoms with Gasteiger partial charge in [0, 0.05) is 17.7 Å². The first kappa shape index (κ1) is 15.3. The second-order valence-electron chi connectivity index (χ2n) is 4.20. The molecule has 0 heterocycles. The van der Waals surface area contributed by atoms with E-state index in [0.717, 1.165) is 5.56 Å². The predicted octanol–water partition coefficient (Wildman–Crippen LogP) is 2.05. The van der Waals surface area contributed by atoms with E-state index in [-0.39, 0.29) is 6.04 Å². The maximum atomic E-state index is 11.6. The number of ether oxygens (including phenoxy) is 3. The summed E-state index contributed by atoms with van der Waals surface area (Å²) in [6.07, 6.45) is -0.690. The summed E-state index contributed by atoms with van der Waals surface area (Å²) in [7, 11) is 1.57. The van der Waals surface area contributed by atoms with Crippen molar-refractivity contribution in [3.05, 3.63) is 23.8 Å². The number of rotatable bonds is 6. The van der Waals surface area contributed by atoms with Gasteiger partial charge in [-0.25, -0.2) is 4.79 Å². The average molecular weight is 267 g/mol. The topological polar surface area (TPSA) is 70.8 Å². The molecule has 1 aromatic carbocycles. The van der Waals surface area contributed by atoms with Crippen molar-refractivity contribution in [3.63, 3.8) is 0 Å². The van der Waals surface area contributed by atoms with Crippen LogP contribution in [0, 0.1) is 0 Å². The third-order valence-corrected chi connectivity index (χ3v) is 2.63. The van der Waals surface area contributed by atoms with Gasteiger partial charge in [-0.2, -0.15) is 0 Å². The molecule has 0 bridgehead atoms. The maximum absolute atomic E-state index is 11.6. The van der Waals surface area contributed by atoms with Crippen molar-refractivity contribution < 1.29 is 19.0 Å². The molecular formula is C14H21NO4. The smallest absolute Gasteiger partial charge is 0.347 e. The van der Waals surface area contributed by atoms with Crippen LogP contribution in [0.25, 0.3) is 0 Å². The minimum atomic E-state index is -0.690. The van der Waals surface area contributed by atoms with E-state index < -0.39 is 12.1 Å². The van der Waals surface area contributed by atoms with Crippen LogP contribution in [0.1, 0.15) is 32.4 Å². The number of methoxy groups -OCH3 is 1. The van der Waals surface area contributed by atoms with Gasteiger partial charge in [0.25, 0.3) is 0 Å². The van der Waals surface area contributed by atoms with Crippen LogP contribution in [0.15, 0.2) is 18.2 Å². The summed E-state index contributed by atoms with van der Waals surface area (Å²) in [6.45, 7) is 5.57. The van der Waals surface area contributed by atoms with Crippen LogP contribution < -0.4 is 15.2 Å². The van der Waals surface area contributed by atoms with Gasteiger partial charge >= 0.3 is 5.97 Å². The first-order valence-electron chi connectivity index (χ1n) is 6.26. The monoisotopic (exact) mass is 267 g/mol. The summed E-state index contributed by atoms with van der Waals surface area (Å²) in [5.74, 6) is 0.784. The van der Waals surface area contributed by atoms with E-state index in [1.807, 2.05) is 13.0 Å². The van der Waals surface area contributed by atoms with Gasteiger partial charge in [0.15, 0.2) is 6.10 Å². The third kappa shape index (κ3) is 4.13. The highest BCUT2D eigenvalue weighted by molar-refractivity contribution is 5.74. The number of carbonyl (C=O) groups excluding carboxylic acids is 1. The fourth-order valence-corrected chi connectivity index (χ4v) is 1.62. The summed E-state index contributed by atoms with van der Waals surface area (Å²) in [4.78, 5) is 11.6. The van der Waals surface area contributed by atoms with E-state index in [2.05, 4.69) is 0 Å².